The van der Waals surface area contributed by atoms with Gasteiger partial charge in [-0.25, -0.2) is 0 Å². The van der Waals surface area contributed by atoms with Crippen LogP contribution in [-0.4, -0.2) is 47.5 Å². The molecule has 0 aromatic heterocycles. The van der Waals surface area contributed by atoms with Gasteiger partial charge in [0.05, 0.1) is 12.2 Å². The Morgan fingerprint density at radius 1 is 1.13 bits per heavy atom. The van der Waals surface area contributed by atoms with Gasteiger partial charge in [-0.05, 0) is 86.0 Å². The van der Waals surface area contributed by atoms with Crippen molar-refractivity contribution in [2.24, 2.45) is 5.92 Å². The highest BCUT2D eigenvalue weighted by molar-refractivity contribution is 5.96. The smallest absolute Gasteiger partial charge is 0.150 e. The molecule has 1 fully saturated rings. The van der Waals surface area contributed by atoms with E-state index in [1.807, 2.05) is 37.3 Å². The van der Waals surface area contributed by atoms with E-state index in [9.17, 15) is 19.9 Å². The minimum Gasteiger partial charge on any atom is -0.508 e. The topological polar surface area (TPSA) is 86.0 Å². The first kappa shape index (κ1) is 25.6. The maximum Gasteiger partial charge on any atom is 0.150 e. The molecule has 2 N–H and O–H groups in total. The largest absolute Gasteiger partial charge is 0.508 e. The zero-order valence-electron chi connectivity index (χ0n) is 21.5. The van der Waals surface area contributed by atoms with Crippen LogP contribution in [0.1, 0.15) is 48.6 Å². The highest BCUT2D eigenvalue weighted by Gasteiger charge is 2.30. The molecule has 3 aromatic carbocycles. The number of alkyl halides is 1. The van der Waals surface area contributed by atoms with Crippen molar-refractivity contribution in [3.05, 3.63) is 82.9 Å². The molecule has 0 aliphatic carbocycles. The number of aromatic hydroxyl groups is 2. The third-order valence-corrected chi connectivity index (χ3v) is 7.54. The molecule has 2 aliphatic rings. The minimum absolute atomic E-state index is 0.0977. The summed E-state index contributed by atoms with van der Waals surface area (Å²) in [6.45, 7) is 5.99. The number of phenols is 2. The van der Waals surface area contributed by atoms with Gasteiger partial charge in [0.1, 0.15) is 41.8 Å². The number of allylic oxidation sites excluding steroid dienone is 1. The van der Waals surface area contributed by atoms with Crippen molar-refractivity contribution in [3.63, 3.8) is 0 Å². The molecule has 2 aliphatic heterocycles. The number of rotatable bonds is 7. The first-order chi connectivity index (χ1) is 18.4. The van der Waals surface area contributed by atoms with Gasteiger partial charge in [0.15, 0.2) is 0 Å². The van der Waals surface area contributed by atoms with Crippen LogP contribution in [0.4, 0.5) is 4.39 Å². The van der Waals surface area contributed by atoms with Crippen LogP contribution in [0.2, 0.25) is 0 Å². The molecule has 2 heterocycles. The first-order valence-corrected chi connectivity index (χ1v) is 12.8. The number of likely N-dealkylation sites (tertiary alicyclic amines) is 1. The standard InChI is InChI=1S/C31H31FN2O4/c1-19(34-12-11-21(15-32)17-34)18-37-26-8-5-22(6-9-26)31-30(23-3-4-24(16-33)28(36)13-23)20(2)27-14-25(35)7-10-29(27)38-31/h3-10,13-14,19,21,31,35-36H,11-12,15,17-18H2,1-2H3/t19-,21-,31?/m0/s1. The van der Waals surface area contributed by atoms with E-state index in [4.69, 9.17) is 9.47 Å². The molecule has 3 atom stereocenters. The fraction of sp³-hybridized carbons (Fsp3) is 0.323. The Labute approximate surface area is 222 Å². The minimum atomic E-state index is -0.477. The van der Waals surface area contributed by atoms with E-state index in [2.05, 4.69) is 11.8 Å². The summed E-state index contributed by atoms with van der Waals surface area (Å²) in [5, 5.41) is 29.7. The Bertz CT molecular complexity index is 1400. The fourth-order valence-electron chi connectivity index (χ4n) is 5.29. The summed E-state index contributed by atoms with van der Waals surface area (Å²) in [5.41, 5.74) is 4.33. The number of nitrogens with zero attached hydrogens (tertiary/aromatic N) is 2. The van der Waals surface area contributed by atoms with Crippen molar-refractivity contribution in [2.45, 2.75) is 32.4 Å². The van der Waals surface area contributed by atoms with Crippen LogP contribution >= 0.6 is 0 Å². The number of hydrogen-bond donors (Lipinski definition) is 2. The van der Waals surface area contributed by atoms with Gasteiger partial charge in [0.2, 0.25) is 0 Å². The Hall–Kier alpha value is -4.02. The monoisotopic (exact) mass is 514 g/mol. The van der Waals surface area contributed by atoms with Gasteiger partial charge in [-0.1, -0.05) is 18.2 Å². The van der Waals surface area contributed by atoms with Crippen molar-refractivity contribution >= 4 is 11.1 Å². The lowest BCUT2D eigenvalue weighted by atomic mass is 9.85. The van der Waals surface area contributed by atoms with Crippen molar-refractivity contribution in [1.29, 1.82) is 5.26 Å². The Kier molecular flexibility index (Phi) is 7.26. The summed E-state index contributed by atoms with van der Waals surface area (Å²) in [5.74, 6) is 1.56. The summed E-state index contributed by atoms with van der Waals surface area (Å²) in [6, 6.07) is 19.9. The summed E-state index contributed by atoms with van der Waals surface area (Å²) in [4.78, 5) is 2.27. The van der Waals surface area contributed by atoms with Gasteiger partial charge in [-0.15, -0.1) is 0 Å². The Balaban J connectivity index is 1.41. The van der Waals surface area contributed by atoms with Gasteiger partial charge in [-0.2, -0.15) is 5.26 Å². The van der Waals surface area contributed by atoms with Crippen LogP contribution in [0.25, 0.3) is 11.1 Å². The lowest BCUT2D eigenvalue weighted by molar-refractivity contribution is 0.165. The molecule has 7 heteroatoms. The van der Waals surface area contributed by atoms with Crippen LogP contribution in [0.5, 0.6) is 23.0 Å². The third kappa shape index (κ3) is 5.05. The lowest BCUT2D eigenvalue weighted by Gasteiger charge is -2.31. The molecule has 6 nitrogen and oxygen atoms in total. The van der Waals surface area contributed by atoms with Crippen LogP contribution in [-0.2, 0) is 0 Å². The summed E-state index contributed by atoms with van der Waals surface area (Å²) in [6.07, 6.45) is 0.418. The number of nitriles is 1. The van der Waals surface area contributed by atoms with E-state index >= 15 is 0 Å². The average Bonchev–Trinajstić information content (AvgIpc) is 3.42. The van der Waals surface area contributed by atoms with Crippen LogP contribution in [0.3, 0.4) is 0 Å². The van der Waals surface area contributed by atoms with Crippen molar-refractivity contribution in [3.8, 4) is 29.1 Å². The first-order valence-electron chi connectivity index (χ1n) is 12.8. The second kappa shape index (κ2) is 10.8. The van der Waals surface area contributed by atoms with Crippen molar-refractivity contribution in [2.75, 3.05) is 26.4 Å². The number of fused-ring (bicyclic) bond motifs is 1. The van der Waals surface area contributed by atoms with Crippen molar-refractivity contribution in [1.82, 2.24) is 4.90 Å². The maximum absolute atomic E-state index is 13.0. The molecule has 0 spiro atoms. The SMILES string of the molecule is CC1=C(c2ccc(C#N)c(O)c2)C(c2ccc(OC[C@H](C)N3CC[C@@H](CF)C3)cc2)Oc2ccc(O)cc21. The Morgan fingerprint density at radius 2 is 1.92 bits per heavy atom. The van der Waals surface area contributed by atoms with E-state index < -0.39 is 6.10 Å². The molecule has 3 aromatic rings. The molecule has 1 saturated heterocycles. The van der Waals surface area contributed by atoms with Gasteiger partial charge in [-0.3, -0.25) is 9.29 Å². The Morgan fingerprint density at radius 3 is 2.61 bits per heavy atom. The summed E-state index contributed by atoms with van der Waals surface area (Å²) in [7, 11) is 0. The van der Waals surface area contributed by atoms with E-state index in [0.717, 1.165) is 53.1 Å². The molecule has 0 bridgehead atoms. The molecular formula is C31H31FN2O4. The number of halogens is 1. The van der Waals surface area contributed by atoms with Crippen LogP contribution in [0.15, 0.2) is 60.7 Å². The fourth-order valence-corrected chi connectivity index (χ4v) is 5.29. The van der Waals surface area contributed by atoms with Crippen LogP contribution < -0.4 is 9.47 Å². The number of ether oxygens (including phenoxy) is 2. The quantitative estimate of drug-likeness (QED) is 0.397. The molecule has 1 unspecified atom stereocenters. The third-order valence-electron chi connectivity index (χ3n) is 7.54. The highest BCUT2D eigenvalue weighted by Crippen LogP contribution is 2.48. The number of phenolic OH excluding ortho intramolecular Hbond substituents is 2. The average molecular weight is 515 g/mol. The molecular weight excluding hydrogens is 483 g/mol. The lowest BCUT2D eigenvalue weighted by Crippen LogP contribution is -2.35. The van der Waals surface area contributed by atoms with Crippen molar-refractivity contribution < 1.29 is 24.1 Å². The zero-order chi connectivity index (χ0) is 26.8. The maximum atomic E-state index is 13.0. The molecule has 38 heavy (non-hydrogen) atoms. The van der Waals surface area contributed by atoms with Crippen LogP contribution in [0, 0.1) is 17.2 Å². The van der Waals surface area contributed by atoms with Gasteiger partial charge in [0, 0.05) is 29.6 Å². The molecule has 0 saturated carbocycles. The van der Waals surface area contributed by atoms with E-state index in [-0.39, 0.29) is 35.7 Å². The number of hydrogen-bond acceptors (Lipinski definition) is 6. The van der Waals surface area contributed by atoms with E-state index in [1.54, 1.807) is 36.4 Å². The second-order valence-electron chi connectivity index (χ2n) is 10.1. The van der Waals surface area contributed by atoms with Gasteiger partial charge >= 0.3 is 0 Å². The predicted molar refractivity (Wildman–Crippen MR) is 144 cm³/mol. The predicted octanol–water partition coefficient (Wildman–Crippen LogP) is 6.09. The van der Waals surface area contributed by atoms with Gasteiger partial charge in [0.25, 0.3) is 0 Å². The highest BCUT2D eigenvalue weighted by atomic mass is 19.1. The number of benzene rings is 3. The molecule has 5 rings (SSSR count). The molecule has 0 radical (unpaired) electrons. The summed E-state index contributed by atoms with van der Waals surface area (Å²) >= 11 is 0. The second-order valence-corrected chi connectivity index (χ2v) is 10.1. The normalized spacial score (nSPS) is 19.9. The van der Waals surface area contributed by atoms with Gasteiger partial charge < -0.3 is 19.7 Å². The molecule has 0 amide bonds. The van der Waals surface area contributed by atoms with E-state index in [1.165, 1.54) is 0 Å². The molecule has 196 valence electrons. The zero-order valence-corrected chi connectivity index (χ0v) is 21.5. The van der Waals surface area contributed by atoms with E-state index in [0.29, 0.717) is 12.4 Å². The summed E-state index contributed by atoms with van der Waals surface area (Å²) < 4.78 is 25.5.